The molecule has 0 spiro atoms. The average Bonchev–Trinajstić information content (AvgIpc) is 2.62. The number of hydrogen-bond donors (Lipinski definition) is 2. The van der Waals surface area contributed by atoms with Gasteiger partial charge in [-0.2, -0.15) is 0 Å². The van der Waals surface area contributed by atoms with Crippen LogP contribution in [0, 0.1) is 0 Å². The van der Waals surface area contributed by atoms with Crippen molar-refractivity contribution in [3.8, 4) is 5.75 Å². The second kappa shape index (κ2) is 10.3. The minimum Gasteiger partial charge on any atom is -0.492 e. The van der Waals surface area contributed by atoms with Crippen LogP contribution in [0.1, 0.15) is 12.0 Å². The molecule has 23 heavy (non-hydrogen) atoms. The predicted molar refractivity (Wildman–Crippen MR) is 96.1 cm³/mol. The Bertz CT molecular complexity index is 520. The van der Waals surface area contributed by atoms with Crippen molar-refractivity contribution in [2.24, 2.45) is 4.99 Å². The molecule has 0 bridgehead atoms. The summed E-state index contributed by atoms with van der Waals surface area (Å²) in [4.78, 5) is 4.22. The maximum Gasteiger partial charge on any atom is 0.191 e. The number of benzene rings is 2. The van der Waals surface area contributed by atoms with Crippen molar-refractivity contribution in [2.75, 3.05) is 26.7 Å². The fraction of sp³-hybridized carbons (Fsp3) is 0.316. The van der Waals surface area contributed by atoms with Gasteiger partial charge in [-0.15, -0.1) is 0 Å². The molecule has 0 atom stereocenters. The third kappa shape index (κ3) is 6.87. The van der Waals surface area contributed by atoms with E-state index in [9.17, 15) is 0 Å². The predicted octanol–water partition coefficient (Wildman–Crippen LogP) is 2.86. The number of para-hydroxylation sites is 1. The number of rotatable bonds is 8. The van der Waals surface area contributed by atoms with Crippen molar-refractivity contribution in [3.63, 3.8) is 0 Å². The highest BCUT2D eigenvalue weighted by Crippen LogP contribution is 2.07. The third-order valence-electron chi connectivity index (χ3n) is 3.41. The maximum atomic E-state index is 5.64. The summed E-state index contributed by atoms with van der Waals surface area (Å²) in [5.74, 6) is 1.70. The number of aliphatic imine (C=N–C) groups is 1. The average molecular weight is 311 g/mol. The second-order valence-electron chi connectivity index (χ2n) is 5.18. The largest absolute Gasteiger partial charge is 0.492 e. The van der Waals surface area contributed by atoms with E-state index in [0.717, 1.165) is 31.1 Å². The van der Waals surface area contributed by atoms with Gasteiger partial charge in [0.05, 0.1) is 6.54 Å². The molecule has 0 aliphatic heterocycles. The van der Waals surface area contributed by atoms with Gasteiger partial charge in [-0.1, -0.05) is 48.5 Å². The Hall–Kier alpha value is -2.49. The molecule has 2 aromatic carbocycles. The van der Waals surface area contributed by atoms with Gasteiger partial charge in [-0.05, 0) is 30.5 Å². The van der Waals surface area contributed by atoms with Crippen molar-refractivity contribution >= 4 is 5.96 Å². The summed E-state index contributed by atoms with van der Waals surface area (Å²) in [6, 6.07) is 20.4. The van der Waals surface area contributed by atoms with E-state index in [2.05, 4.69) is 39.9 Å². The van der Waals surface area contributed by atoms with E-state index >= 15 is 0 Å². The topological polar surface area (TPSA) is 45.7 Å². The number of aryl methyl sites for hydroxylation is 1. The minimum absolute atomic E-state index is 0.606. The first-order chi connectivity index (χ1) is 11.4. The molecule has 0 amide bonds. The van der Waals surface area contributed by atoms with E-state index in [0.29, 0.717) is 13.2 Å². The molecular formula is C19H25N3O. The van der Waals surface area contributed by atoms with E-state index in [1.54, 1.807) is 7.05 Å². The molecule has 0 aliphatic carbocycles. The van der Waals surface area contributed by atoms with E-state index in [1.807, 2.05) is 36.4 Å². The van der Waals surface area contributed by atoms with Gasteiger partial charge in [0.2, 0.25) is 0 Å². The number of nitrogens with one attached hydrogen (secondary N) is 2. The molecule has 0 fully saturated rings. The van der Waals surface area contributed by atoms with Crippen LogP contribution >= 0.6 is 0 Å². The van der Waals surface area contributed by atoms with Crippen LogP contribution in [0.25, 0.3) is 0 Å². The summed E-state index contributed by atoms with van der Waals surface area (Å²) in [6.07, 6.45) is 2.15. The molecular weight excluding hydrogens is 286 g/mol. The van der Waals surface area contributed by atoms with Crippen molar-refractivity contribution in [2.45, 2.75) is 12.8 Å². The summed E-state index contributed by atoms with van der Waals surface area (Å²) in [5.41, 5.74) is 1.37. The maximum absolute atomic E-state index is 5.64. The summed E-state index contributed by atoms with van der Waals surface area (Å²) in [6.45, 7) is 2.22. The molecule has 0 aromatic heterocycles. The quantitative estimate of drug-likeness (QED) is 0.448. The van der Waals surface area contributed by atoms with Crippen LogP contribution in [0.2, 0.25) is 0 Å². The van der Waals surface area contributed by atoms with E-state index in [1.165, 1.54) is 5.56 Å². The zero-order valence-electron chi connectivity index (χ0n) is 13.7. The second-order valence-corrected chi connectivity index (χ2v) is 5.18. The first kappa shape index (κ1) is 16.9. The number of hydrogen-bond acceptors (Lipinski definition) is 2. The Morgan fingerprint density at radius 3 is 2.26 bits per heavy atom. The van der Waals surface area contributed by atoms with Gasteiger partial charge in [-0.3, -0.25) is 4.99 Å². The Morgan fingerprint density at radius 1 is 0.913 bits per heavy atom. The number of guanidine groups is 1. The molecule has 0 saturated carbocycles. The monoisotopic (exact) mass is 311 g/mol. The van der Waals surface area contributed by atoms with E-state index < -0.39 is 0 Å². The molecule has 2 N–H and O–H groups in total. The summed E-state index contributed by atoms with van der Waals surface area (Å²) < 4.78 is 5.64. The van der Waals surface area contributed by atoms with Crippen LogP contribution in [0.4, 0.5) is 0 Å². The fourth-order valence-electron chi connectivity index (χ4n) is 2.22. The normalized spacial score (nSPS) is 11.1. The third-order valence-corrected chi connectivity index (χ3v) is 3.41. The van der Waals surface area contributed by atoms with E-state index in [4.69, 9.17) is 4.74 Å². The molecule has 0 heterocycles. The summed E-state index contributed by atoms with van der Waals surface area (Å²) in [7, 11) is 1.78. The first-order valence-electron chi connectivity index (χ1n) is 8.05. The van der Waals surface area contributed by atoms with Gasteiger partial charge in [0.25, 0.3) is 0 Å². The number of ether oxygens (including phenoxy) is 1. The lowest BCUT2D eigenvalue weighted by molar-refractivity contribution is 0.322. The van der Waals surface area contributed by atoms with Gasteiger partial charge >= 0.3 is 0 Å². The van der Waals surface area contributed by atoms with Crippen LogP contribution in [0.5, 0.6) is 5.75 Å². The molecule has 2 aromatic rings. The summed E-state index contributed by atoms with van der Waals surface area (Å²) >= 11 is 0. The van der Waals surface area contributed by atoms with Crippen molar-refractivity contribution in [1.82, 2.24) is 10.6 Å². The van der Waals surface area contributed by atoms with Crippen molar-refractivity contribution < 1.29 is 4.74 Å². The minimum atomic E-state index is 0.606. The van der Waals surface area contributed by atoms with Crippen LogP contribution < -0.4 is 15.4 Å². The molecule has 0 saturated heterocycles. The van der Waals surface area contributed by atoms with Crippen LogP contribution in [-0.2, 0) is 6.42 Å². The molecule has 4 nitrogen and oxygen atoms in total. The van der Waals surface area contributed by atoms with Crippen LogP contribution in [0.15, 0.2) is 65.7 Å². The molecule has 4 heteroatoms. The van der Waals surface area contributed by atoms with Gasteiger partial charge in [0, 0.05) is 13.6 Å². The smallest absolute Gasteiger partial charge is 0.191 e. The SMILES string of the molecule is CN=C(NCCCc1ccccc1)NCCOc1ccccc1. The highest BCUT2D eigenvalue weighted by molar-refractivity contribution is 5.79. The first-order valence-corrected chi connectivity index (χ1v) is 8.05. The molecule has 0 radical (unpaired) electrons. The highest BCUT2D eigenvalue weighted by atomic mass is 16.5. The van der Waals surface area contributed by atoms with Gasteiger partial charge in [0.15, 0.2) is 5.96 Å². The highest BCUT2D eigenvalue weighted by Gasteiger charge is 1.98. The lowest BCUT2D eigenvalue weighted by Crippen LogP contribution is -2.39. The molecule has 0 aliphatic rings. The fourth-order valence-corrected chi connectivity index (χ4v) is 2.22. The molecule has 122 valence electrons. The van der Waals surface area contributed by atoms with Crippen LogP contribution in [0.3, 0.4) is 0 Å². The van der Waals surface area contributed by atoms with Gasteiger partial charge in [-0.25, -0.2) is 0 Å². The lowest BCUT2D eigenvalue weighted by atomic mass is 10.1. The van der Waals surface area contributed by atoms with Gasteiger partial charge in [0.1, 0.15) is 12.4 Å². The molecule has 2 rings (SSSR count). The Morgan fingerprint density at radius 2 is 1.57 bits per heavy atom. The van der Waals surface area contributed by atoms with Crippen molar-refractivity contribution in [1.29, 1.82) is 0 Å². The number of nitrogens with zero attached hydrogens (tertiary/aromatic N) is 1. The Labute approximate surface area is 138 Å². The zero-order valence-corrected chi connectivity index (χ0v) is 13.7. The van der Waals surface area contributed by atoms with Crippen molar-refractivity contribution in [3.05, 3.63) is 66.2 Å². The zero-order chi connectivity index (χ0) is 16.2. The van der Waals surface area contributed by atoms with E-state index in [-0.39, 0.29) is 0 Å². The van der Waals surface area contributed by atoms with Crippen LogP contribution in [-0.4, -0.2) is 32.7 Å². The molecule has 0 unspecified atom stereocenters. The van der Waals surface area contributed by atoms with Gasteiger partial charge < -0.3 is 15.4 Å². The Balaban J connectivity index is 1.56. The Kier molecular flexibility index (Phi) is 7.54. The summed E-state index contributed by atoms with van der Waals surface area (Å²) in [5, 5.41) is 6.57. The lowest BCUT2D eigenvalue weighted by Gasteiger charge is -2.12. The standard InChI is InChI=1S/C19H25N3O/c1-20-19(21-14-8-11-17-9-4-2-5-10-17)22-15-16-23-18-12-6-3-7-13-18/h2-7,9-10,12-13H,8,11,14-16H2,1H3,(H2,20,21,22).